The molecule has 0 aromatic heterocycles. The summed E-state index contributed by atoms with van der Waals surface area (Å²) in [5, 5.41) is 30.0. The van der Waals surface area contributed by atoms with E-state index in [2.05, 4.69) is 6.07 Å². The minimum atomic E-state index is -0.465. The summed E-state index contributed by atoms with van der Waals surface area (Å²) in [7, 11) is 0. The van der Waals surface area contributed by atoms with Crippen molar-refractivity contribution in [2.45, 2.75) is 50.7 Å². The van der Waals surface area contributed by atoms with Crippen LogP contribution in [0.15, 0.2) is 42.5 Å². The van der Waals surface area contributed by atoms with Gasteiger partial charge in [-0.15, -0.1) is 0 Å². The predicted molar refractivity (Wildman–Crippen MR) is 105 cm³/mol. The Bertz CT molecular complexity index is 727. The number of rotatable bonds is 5. The molecule has 0 radical (unpaired) electrons. The lowest BCUT2D eigenvalue weighted by molar-refractivity contribution is 0.0650. The van der Waals surface area contributed by atoms with Crippen molar-refractivity contribution in [1.29, 1.82) is 0 Å². The number of benzene rings is 2. The number of hydrogen-bond donors (Lipinski definition) is 3. The molecule has 0 heterocycles. The first-order valence-electron chi connectivity index (χ1n) is 9.30. The summed E-state index contributed by atoms with van der Waals surface area (Å²) in [5.74, 6) is 0.417. The van der Waals surface area contributed by atoms with E-state index in [0.29, 0.717) is 6.42 Å². The molecule has 4 atom stereocenters. The second kappa shape index (κ2) is 8.53. The number of aliphatic hydroxyl groups excluding tert-OH is 3. The molecule has 0 amide bonds. The highest BCUT2D eigenvalue weighted by Crippen LogP contribution is 2.37. The first kappa shape index (κ1) is 19.4. The monoisotopic (exact) mass is 374 g/mol. The third kappa shape index (κ3) is 4.66. The van der Waals surface area contributed by atoms with Gasteiger partial charge in [-0.05, 0) is 72.8 Å². The van der Waals surface area contributed by atoms with Gasteiger partial charge >= 0.3 is 0 Å². The molecule has 1 fully saturated rings. The molecule has 3 nitrogen and oxygen atoms in total. The summed E-state index contributed by atoms with van der Waals surface area (Å²) >= 11 is 6.42. The smallest absolute Gasteiger partial charge is 0.0761 e. The largest absolute Gasteiger partial charge is 0.396 e. The zero-order valence-electron chi connectivity index (χ0n) is 15.1. The fourth-order valence-corrected chi connectivity index (χ4v) is 4.13. The quantitative estimate of drug-likeness (QED) is 0.734. The molecule has 2 aromatic carbocycles. The van der Waals surface area contributed by atoms with Gasteiger partial charge in [0.1, 0.15) is 0 Å². The lowest BCUT2D eigenvalue weighted by Gasteiger charge is -2.32. The Morgan fingerprint density at radius 3 is 2.46 bits per heavy atom. The van der Waals surface area contributed by atoms with Crippen molar-refractivity contribution in [1.82, 2.24) is 0 Å². The summed E-state index contributed by atoms with van der Waals surface area (Å²) in [6.45, 7) is 1.89. The molecule has 2 aromatic rings. The molecule has 3 N–H and O–H groups in total. The van der Waals surface area contributed by atoms with E-state index < -0.39 is 6.10 Å². The standard InChI is InChI=1S/C22H27ClO3/c1-14(25)17-4-2-15(3-5-17)8-20-11-18(6-7-22(20)23)19-9-16(13-24)10-21(26)12-19/h2-7,11,14,16,19,21,24-26H,8-10,12-13H2,1H3. The van der Waals surface area contributed by atoms with Crippen molar-refractivity contribution < 1.29 is 15.3 Å². The summed E-state index contributed by atoms with van der Waals surface area (Å²) < 4.78 is 0. The van der Waals surface area contributed by atoms with E-state index in [1.165, 1.54) is 5.56 Å². The molecule has 140 valence electrons. The SMILES string of the molecule is CC(O)c1ccc(Cc2cc(C3CC(O)CC(CO)C3)ccc2Cl)cc1. The van der Waals surface area contributed by atoms with Crippen molar-refractivity contribution in [2.24, 2.45) is 5.92 Å². The first-order chi connectivity index (χ1) is 12.5. The molecular weight excluding hydrogens is 348 g/mol. The fraction of sp³-hybridized carbons (Fsp3) is 0.455. The predicted octanol–water partition coefficient (Wildman–Crippen LogP) is 4.22. The molecule has 1 aliphatic rings. The van der Waals surface area contributed by atoms with E-state index in [4.69, 9.17) is 11.6 Å². The van der Waals surface area contributed by atoms with Crippen LogP contribution in [0.3, 0.4) is 0 Å². The number of aliphatic hydroxyl groups is 3. The van der Waals surface area contributed by atoms with Crippen molar-refractivity contribution in [3.05, 3.63) is 69.7 Å². The fourth-order valence-electron chi connectivity index (χ4n) is 3.94. The van der Waals surface area contributed by atoms with Crippen LogP contribution in [0.25, 0.3) is 0 Å². The van der Waals surface area contributed by atoms with Gasteiger partial charge in [0.05, 0.1) is 12.2 Å². The minimum Gasteiger partial charge on any atom is -0.396 e. The van der Waals surface area contributed by atoms with E-state index in [0.717, 1.165) is 41.0 Å². The maximum atomic E-state index is 10.1. The molecule has 4 heteroatoms. The molecule has 4 unspecified atom stereocenters. The van der Waals surface area contributed by atoms with Gasteiger partial charge in [-0.25, -0.2) is 0 Å². The number of halogens is 1. The van der Waals surface area contributed by atoms with Crippen LogP contribution in [-0.4, -0.2) is 28.0 Å². The van der Waals surface area contributed by atoms with Crippen molar-refractivity contribution >= 4 is 11.6 Å². The zero-order valence-corrected chi connectivity index (χ0v) is 15.9. The molecule has 0 aliphatic heterocycles. The Morgan fingerprint density at radius 1 is 1.08 bits per heavy atom. The van der Waals surface area contributed by atoms with E-state index >= 15 is 0 Å². The van der Waals surface area contributed by atoms with Crippen molar-refractivity contribution in [3.63, 3.8) is 0 Å². The average molecular weight is 375 g/mol. The Hall–Kier alpha value is -1.39. The van der Waals surface area contributed by atoms with Crippen LogP contribution in [0, 0.1) is 5.92 Å². The van der Waals surface area contributed by atoms with Gasteiger partial charge in [0, 0.05) is 11.6 Å². The highest BCUT2D eigenvalue weighted by Gasteiger charge is 2.28. The van der Waals surface area contributed by atoms with Crippen LogP contribution in [0.4, 0.5) is 0 Å². The highest BCUT2D eigenvalue weighted by molar-refractivity contribution is 6.31. The normalized spacial score (nSPS) is 24.4. The molecular formula is C22H27ClO3. The molecule has 1 aliphatic carbocycles. The third-order valence-electron chi connectivity index (χ3n) is 5.44. The van der Waals surface area contributed by atoms with Crippen LogP contribution >= 0.6 is 11.6 Å². The Morgan fingerprint density at radius 2 is 1.81 bits per heavy atom. The molecule has 3 rings (SSSR count). The molecule has 0 spiro atoms. The lowest BCUT2D eigenvalue weighted by atomic mass is 9.76. The van der Waals surface area contributed by atoms with Gasteiger partial charge < -0.3 is 15.3 Å². The van der Waals surface area contributed by atoms with Gasteiger partial charge in [0.25, 0.3) is 0 Å². The lowest BCUT2D eigenvalue weighted by Crippen LogP contribution is -2.27. The first-order valence-corrected chi connectivity index (χ1v) is 9.68. The molecule has 26 heavy (non-hydrogen) atoms. The van der Waals surface area contributed by atoms with E-state index in [1.54, 1.807) is 6.92 Å². The summed E-state index contributed by atoms with van der Waals surface area (Å²) in [5.41, 5.74) is 4.29. The second-order valence-corrected chi connectivity index (χ2v) is 7.96. The summed E-state index contributed by atoms with van der Waals surface area (Å²) in [4.78, 5) is 0. The van der Waals surface area contributed by atoms with Crippen molar-refractivity contribution in [2.75, 3.05) is 6.61 Å². The maximum Gasteiger partial charge on any atom is 0.0761 e. The van der Waals surface area contributed by atoms with E-state index in [1.807, 2.05) is 36.4 Å². The van der Waals surface area contributed by atoms with Gasteiger partial charge in [0.15, 0.2) is 0 Å². The van der Waals surface area contributed by atoms with Crippen LogP contribution in [0.1, 0.15) is 60.5 Å². The Balaban J connectivity index is 1.79. The van der Waals surface area contributed by atoms with Crippen LogP contribution in [-0.2, 0) is 6.42 Å². The van der Waals surface area contributed by atoms with E-state index in [-0.39, 0.29) is 24.5 Å². The van der Waals surface area contributed by atoms with Gasteiger partial charge in [-0.2, -0.15) is 0 Å². The minimum absolute atomic E-state index is 0.129. The topological polar surface area (TPSA) is 60.7 Å². The Kier molecular flexibility index (Phi) is 6.36. The number of hydrogen-bond acceptors (Lipinski definition) is 3. The molecule has 0 saturated heterocycles. The average Bonchev–Trinajstić information content (AvgIpc) is 2.63. The van der Waals surface area contributed by atoms with Gasteiger partial charge in [0.2, 0.25) is 0 Å². The van der Waals surface area contributed by atoms with Crippen molar-refractivity contribution in [3.8, 4) is 0 Å². The Labute approximate surface area is 160 Å². The van der Waals surface area contributed by atoms with Gasteiger partial charge in [-0.1, -0.05) is 48.0 Å². The highest BCUT2D eigenvalue weighted by atomic mass is 35.5. The molecule has 1 saturated carbocycles. The molecule has 0 bridgehead atoms. The van der Waals surface area contributed by atoms with Gasteiger partial charge in [-0.3, -0.25) is 0 Å². The third-order valence-corrected chi connectivity index (χ3v) is 5.80. The summed E-state index contributed by atoms with van der Waals surface area (Å²) in [6, 6.07) is 14.1. The van der Waals surface area contributed by atoms with E-state index in [9.17, 15) is 15.3 Å². The maximum absolute atomic E-state index is 10.1. The summed E-state index contributed by atoms with van der Waals surface area (Å²) in [6.07, 6.45) is 2.23. The van der Waals surface area contributed by atoms with Crippen LogP contribution in [0.5, 0.6) is 0 Å². The van der Waals surface area contributed by atoms with Crippen LogP contribution in [0.2, 0.25) is 5.02 Å². The second-order valence-electron chi connectivity index (χ2n) is 7.55. The zero-order chi connectivity index (χ0) is 18.7. The van der Waals surface area contributed by atoms with Crippen LogP contribution < -0.4 is 0 Å².